The number of benzene rings is 1. The highest BCUT2D eigenvalue weighted by molar-refractivity contribution is 8.00. The van der Waals surface area contributed by atoms with E-state index in [-0.39, 0.29) is 5.91 Å². The van der Waals surface area contributed by atoms with Crippen LogP contribution in [0.15, 0.2) is 18.2 Å². The molecule has 0 spiro atoms. The molecule has 118 valence electrons. The molecule has 1 N–H and O–H groups in total. The lowest BCUT2D eigenvalue weighted by atomic mass is 10.1. The number of hydrogen-bond acceptors (Lipinski definition) is 4. The Morgan fingerprint density at radius 1 is 1.59 bits per heavy atom. The number of nitrogens with one attached hydrogen (secondary N) is 1. The van der Waals surface area contributed by atoms with Crippen molar-refractivity contribution < 1.29 is 4.79 Å². The summed E-state index contributed by atoms with van der Waals surface area (Å²) in [5, 5.41) is 12.2. The molecule has 0 saturated carbocycles. The average Bonchev–Trinajstić information content (AvgIpc) is 2.97. The number of nitrogens with zero attached hydrogens (tertiary/aromatic N) is 2. The van der Waals surface area contributed by atoms with E-state index in [0.717, 1.165) is 24.5 Å². The Kier molecular flexibility index (Phi) is 6.41. The third-order valence-electron chi connectivity index (χ3n) is 3.79. The van der Waals surface area contributed by atoms with Crippen molar-refractivity contribution in [2.45, 2.75) is 13.3 Å². The zero-order chi connectivity index (χ0) is 15.9. The van der Waals surface area contributed by atoms with Crippen LogP contribution in [0.1, 0.15) is 12.0 Å². The molecule has 1 saturated heterocycles. The van der Waals surface area contributed by atoms with Crippen LogP contribution in [0.2, 0.25) is 5.02 Å². The summed E-state index contributed by atoms with van der Waals surface area (Å²) in [6.07, 6.45) is 1.07. The first-order valence-corrected chi connectivity index (χ1v) is 8.86. The van der Waals surface area contributed by atoms with Gasteiger partial charge in [0.1, 0.15) is 0 Å². The van der Waals surface area contributed by atoms with E-state index < -0.39 is 0 Å². The highest BCUT2D eigenvalue weighted by atomic mass is 35.5. The molecule has 0 radical (unpaired) electrons. The zero-order valence-electron chi connectivity index (χ0n) is 12.6. The van der Waals surface area contributed by atoms with Gasteiger partial charge in [0.15, 0.2) is 0 Å². The van der Waals surface area contributed by atoms with Crippen molar-refractivity contribution in [1.82, 2.24) is 5.32 Å². The summed E-state index contributed by atoms with van der Waals surface area (Å²) >= 11 is 7.43. The number of carbonyl (C=O) groups is 1. The summed E-state index contributed by atoms with van der Waals surface area (Å²) in [5.74, 6) is 1.19. The van der Waals surface area contributed by atoms with Crippen LogP contribution in [0.4, 0.5) is 5.69 Å². The normalized spacial score (nSPS) is 17.3. The standard InChI is InChI=1S/C16H20ClN3OS/c1-12-2-3-14(17)8-15(12)20-6-4-13(10-20)9-19-16(21)11-22-7-5-18/h2-3,8,13H,4,6-7,9-11H2,1H3,(H,19,21)/t13-/m0/s1. The molecular weight excluding hydrogens is 318 g/mol. The maximum atomic E-state index is 11.7. The average molecular weight is 338 g/mol. The van der Waals surface area contributed by atoms with Gasteiger partial charge in [-0.05, 0) is 37.0 Å². The predicted molar refractivity (Wildman–Crippen MR) is 92.5 cm³/mol. The van der Waals surface area contributed by atoms with Crippen molar-refractivity contribution in [1.29, 1.82) is 5.26 Å². The topological polar surface area (TPSA) is 56.1 Å². The SMILES string of the molecule is Cc1ccc(Cl)cc1N1CC[C@@H](CNC(=O)CSCC#N)C1. The summed E-state index contributed by atoms with van der Waals surface area (Å²) in [6.45, 7) is 4.72. The van der Waals surface area contributed by atoms with E-state index >= 15 is 0 Å². The van der Waals surface area contributed by atoms with E-state index in [4.69, 9.17) is 16.9 Å². The lowest BCUT2D eigenvalue weighted by Gasteiger charge is -2.21. The number of carbonyl (C=O) groups excluding carboxylic acids is 1. The maximum Gasteiger partial charge on any atom is 0.230 e. The van der Waals surface area contributed by atoms with E-state index in [1.165, 1.54) is 23.0 Å². The summed E-state index contributed by atoms with van der Waals surface area (Å²) in [6, 6.07) is 7.98. The van der Waals surface area contributed by atoms with Gasteiger partial charge in [0.05, 0.1) is 17.6 Å². The molecule has 0 unspecified atom stereocenters. The number of rotatable bonds is 6. The van der Waals surface area contributed by atoms with E-state index in [1.807, 2.05) is 24.3 Å². The van der Waals surface area contributed by atoms with Crippen molar-refractivity contribution in [3.05, 3.63) is 28.8 Å². The quantitative estimate of drug-likeness (QED) is 0.811. The molecule has 1 aliphatic heterocycles. The van der Waals surface area contributed by atoms with Gasteiger partial charge in [-0.1, -0.05) is 17.7 Å². The van der Waals surface area contributed by atoms with Gasteiger partial charge < -0.3 is 10.2 Å². The predicted octanol–water partition coefficient (Wildman–Crippen LogP) is 2.85. The number of amides is 1. The number of thioether (sulfide) groups is 1. The van der Waals surface area contributed by atoms with Crippen LogP contribution in [0.25, 0.3) is 0 Å². The molecule has 22 heavy (non-hydrogen) atoms. The number of nitriles is 1. The minimum Gasteiger partial charge on any atom is -0.371 e. The Morgan fingerprint density at radius 3 is 3.18 bits per heavy atom. The van der Waals surface area contributed by atoms with Crippen LogP contribution in [-0.2, 0) is 4.79 Å². The lowest BCUT2D eigenvalue weighted by molar-refractivity contribution is -0.118. The summed E-state index contributed by atoms with van der Waals surface area (Å²) in [5.41, 5.74) is 2.41. The first kappa shape index (κ1) is 17.0. The van der Waals surface area contributed by atoms with E-state index in [2.05, 4.69) is 17.1 Å². The Labute approximate surface area is 140 Å². The second-order valence-corrected chi connectivity index (χ2v) is 6.91. The lowest BCUT2D eigenvalue weighted by Crippen LogP contribution is -2.32. The van der Waals surface area contributed by atoms with Gasteiger partial charge in [-0.15, -0.1) is 11.8 Å². The maximum absolute atomic E-state index is 11.7. The first-order valence-electron chi connectivity index (χ1n) is 7.32. The number of halogens is 1. The third kappa shape index (κ3) is 4.82. The van der Waals surface area contributed by atoms with Crippen molar-refractivity contribution in [2.75, 3.05) is 36.0 Å². The largest absolute Gasteiger partial charge is 0.371 e. The molecule has 1 fully saturated rings. The van der Waals surface area contributed by atoms with Gasteiger partial charge in [0.25, 0.3) is 0 Å². The molecule has 1 heterocycles. The van der Waals surface area contributed by atoms with Crippen LogP contribution in [0.5, 0.6) is 0 Å². The molecule has 6 heteroatoms. The fraction of sp³-hybridized carbons (Fsp3) is 0.500. The molecule has 2 rings (SSSR count). The molecule has 0 aromatic heterocycles. The minimum absolute atomic E-state index is 0.0117. The Morgan fingerprint density at radius 2 is 2.41 bits per heavy atom. The Hall–Kier alpha value is -1.38. The van der Waals surface area contributed by atoms with Crippen molar-refractivity contribution in [2.24, 2.45) is 5.92 Å². The molecule has 0 bridgehead atoms. The second-order valence-electron chi connectivity index (χ2n) is 5.49. The molecule has 1 amide bonds. The van der Waals surface area contributed by atoms with Gasteiger partial charge in [-0.3, -0.25) is 4.79 Å². The van der Waals surface area contributed by atoms with Gasteiger partial charge >= 0.3 is 0 Å². The van der Waals surface area contributed by atoms with Crippen molar-refractivity contribution in [3.8, 4) is 6.07 Å². The number of hydrogen-bond donors (Lipinski definition) is 1. The number of anilines is 1. The fourth-order valence-electron chi connectivity index (χ4n) is 2.64. The number of aryl methyl sites for hydroxylation is 1. The molecule has 4 nitrogen and oxygen atoms in total. The van der Waals surface area contributed by atoms with Crippen molar-refractivity contribution >= 4 is 35.0 Å². The smallest absolute Gasteiger partial charge is 0.230 e. The first-order chi connectivity index (χ1) is 10.6. The highest BCUT2D eigenvalue weighted by Gasteiger charge is 2.24. The van der Waals surface area contributed by atoms with E-state index in [0.29, 0.717) is 24.0 Å². The highest BCUT2D eigenvalue weighted by Crippen LogP contribution is 2.29. The summed E-state index contributed by atoms with van der Waals surface area (Å²) in [4.78, 5) is 14.0. The second kappa shape index (κ2) is 8.30. The third-order valence-corrected chi connectivity index (χ3v) is 4.82. The van der Waals surface area contributed by atoms with Gasteiger partial charge in [-0.2, -0.15) is 5.26 Å². The summed E-state index contributed by atoms with van der Waals surface area (Å²) < 4.78 is 0. The van der Waals surface area contributed by atoms with Crippen molar-refractivity contribution in [3.63, 3.8) is 0 Å². The van der Waals surface area contributed by atoms with Crippen LogP contribution >= 0.6 is 23.4 Å². The Balaban J connectivity index is 1.79. The van der Waals surface area contributed by atoms with Gasteiger partial charge in [-0.25, -0.2) is 0 Å². The van der Waals surface area contributed by atoms with Gasteiger partial charge in [0, 0.05) is 30.3 Å². The van der Waals surface area contributed by atoms with Crippen LogP contribution in [-0.4, -0.2) is 37.0 Å². The van der Waals surface area contributed by atoms with Crippen LogP contribution < -0.4 is 10.2 Å². The molecule has 1 atom stereocenters. The molecular formula is C16H20ClN3OS. The van der Waals surface area contributed by atoms with Crippen LogP contribution in [0.3, 0.4) is 0 Å². The fourth-order valence-corrected chi connectivity index (χ4v) is 3.29. The molecule has 1 aromatic rings. The van der Waals surface area contributed by atoms with Gasteiger partial charge in [0.2, 0.25) is 5.91 Å². The van der Waals surface area contributed by atoms with Crippen LogP contribution in [0, 0.1) is 24.2 Å². The minimum atomic E-state index is 0.0117. The molecule has 1 aliphatic rings. The molecule has 0 aliphatic carbocycles. The summed E-state index contributed by atoms with van der Waals surface area (Å²) in [7, 11) is 0. The zero-order valence-corrected chi connectivity index (χ0v) is 14.2. The Bertz CT molecular complexity index is 573. The monoisotopic (exact) mass is 337 g/mol. The van der Waals surface area contributed by atoms with E-state index in [1.54, 1.807) is 0 Å². The van der Waals surface area contributed by atoms with E-state index in [9.17, 15) is 4.79 Å². The molecule has 1 aromatic carbocycles.